The maximum absolute atomic E-state index is 12.9. The number of anilines is 1. The number of hydrogen-bond donors (Lipinski definition) is 2. The van der Waals surface area contributed by atoms with Crippen molar-refractivity contribution < 1.29 is 14.1 Å². The fourth-order valence-corrected chi connectivity index (χ4v) is 1.19. The Morgan fingerprint density at radius 3 is 2.72 bits per heavy atom. The van der Waals surface area contributed by atoms with Gasteiger partial charge in [-0.3, -0.25) is 14.9 Å². The van der Waals surface area contributed by atoms with E-state index in [4.69, 9.17) is 5.73 Å². The zero-order chi connectivity index (χ0) is 13.9. The van der Waals surface area contributed by atoms with Crippen LogP contribution in [0.25, 0.3) is 0 Å². The zero-order valence-corrected chi connectivity index (χ0v) is 10.1. The number of amides is 1. The van der Waals surface area contributed by atoms with Crippen molar-refractivity contribution in [1.29, 1.82) is 0 Å². The summed E-state index contributed by atoms with van der Waals surface area (Å²) in [6, 6.07) is 2.91. The summed E-state index contributed by atoms with van der Waals surface area (Å²) in [5, 5.41) is 13.1. The molecule has 0 aromatic heterocycles. The van der Waals surface area contributed by atoms with Gasteiger partial charge in [0.2, 0.25) is 5.91 Å². The fourth-order valence-electron chi connectivity index (χ4n) is 1.19. The van der Waals surface area contributed by atoms with Gasteiger partial charge in [0.05, 0.1) is 16.5 Å². The van der Waals surface area contributed by atoms with E-state index in [0.29, 0.717) is 6.42 Å². The normalized spacial score (nSPS) is 13.8. The van der Waals surface area contributed by atoms with Crippen LogP contribution in [0.4, 0.5) is 15.8 Å². The Balaban J connectivity index is 3.05. The Kier molecular flexibility index (Phi) is 3.97. The van der Waals surface area contributed by atoms with Crippen LogP contribution in [-0.2, 0) is 4.79 Å². The van der Waals surface area contributed by atoms with Crippen LogP contribution < -0.4 is 11.1 Å². The predicted molar refractivity (Wildman–Crippen MR) is 64.6 cm³/mol. The predicted octanol–water partition coefficient (Wildman–Crippen LogP) is 1.80. The second-order valence-corrected chi connectivity index (χ2v) is 4.14. The molecule has 1 atom stereocenters. The van der Waals surface area contributed by atoms with E-state index in [1.165, 1.54) is 6.92 Å². The molecule has 0 aliphatic heterocycles. The van der Waals surface area contributed by atoms with E-state index in [0.717, 1.165) is 18.2 Å². The number of nitrogens with zero attached hydrogens (tertiary/aromatic N) is 1. The number of nitro groups is 1. The van der Waals surface area contributed by atoms with Crippen molar-refractivity contribution in [3.8, 4) is 0 Å². The second kappa shape index (κ2) is 5.09. The molecule has 1 unspecified atom stereocenters. The lowest BCUT2D eigenvalue weighted by Crippen LogP contribution is -2.47. The minimum Gasteiger partial charge on any atom is -0.319 e. The molecule has 0 spiro atoms. The van der Waals surface area contributed by atoms with E-state index in [-0.39, 0.29) is 5.69 Å². The Bertz CT molecular complexity index is 488. The first-order chi connectivity index (χ1) is 8.27. The van der Waals surface area contributed by atoms with Gasteiger partial charge >= 0.3 is 0 Å². The molecule has 0 fully saturated rings. The molecule has 0 heterocycles. The molecule has 0 radical (unpaired) electrons. The summed E-state index contributed by atoms with van der Waals surface area (Å²) in [7, 11) is 0. The molecule has 6 nitrogen and oxygen atoms in total. The highest BCUT2D eigenvalue weighted by atomic mass is 19.1. The standard InChI is InChI=1S/C11H14FN3O3/c1-3-11(2,13)10(16)14-8-5-4-7(12)6-9(8)15(17)18/h4-6H,3,13H2,1-2H3,(H,14,16). The molecule has 1 amide bonds. The highest BCUT2D eigenvalue weighted by molar-refractivity contribution is 5.99. The number of benzene rings is 1. The number of rotatable bonds is 4. The summed E-state index contributed by atoms with van der Waals surface area (Å²) in [6.45, 7) is 3.23. The van der Waals surface area contributed by atoms with Crippen LogP contribution >= 0.6 is 0 Å². The third kappa shape index (κ3) is 3.01. The highest BCUT2D eigenvalue weighted by Gasteiger charge is 2.28. The Morgan fingerprint density at radius 1 is 1.61 bits per heavy atom. The summed E-state index contributed by atoms with van der Waals surface area (Å²) < 4.78 is 12.9. The molecule has 18 heavy (non-hydrogen) atoms. The van der Waals surface area contributed by atoms with Crippen LogP contribution in [0.1, 0.15) is 20.3 Å². The number of nitrogens with one attached hydrogen (secondary N) is 1. The Hall–Kier alpha value is -2.02. The Morgan fingerprint density at radius 2 is 2.22 bits per heavy atom. The molecular formula is C11H14FN3O3. The van der Waals surface area contributed by atoms with Crippen molar-refractivity contribution in [3.63, 3.8) is 0 Å². The van der Waals surface area contributed by atoms with Crippen molar-refractivity contribution in [1.82, 2.24) is 0 Å². The maximum atomic E-state index is 12.9. The molecule has 0 saturated carbocycles. The van der Waals surface area contributed by atoms with Crippen molar-refractivity contribution in [2.45, 2.75) is 25.8 Å². The minimum atomic E-state index is -1.14. The van der Waals surface area contributed by atoms with Gasteiger partial charge in [0, 0.05) is 0 Å². The number of carbonyl (C=O) groups excluding carboxylic acids is 1. The van der Waals surface area contributed by atoms with Gasteiger partial charge in [-0.1, -0.05) is 6.92 Å². The number of nitro benzene ring substituents is 1. The van der Waals surface area contributed by atoms with Gasteiger partial charge in [-0.25, -0.2) is 4.39 Å². The molecule has 1 aromatic rings. The van der Waals surface area contributed by atoms with Gasteiger partial charge in [0.25, 0.3) is 5.69 Å². The van der Waals surface area contributed by atoms with E-state index in [1.54, 1.807) is 6.92 Å². The van der Waals surface area contributed by atoms with E-state index >= 15 is 0 Å². The molecule has 1 aromatic carbocycles. The lowest BCUT2D eigenvalue weighted by molar-refractivity contribution is -0.384. The summed E-state index contributed by atoms with van der Waals surface area (Å²) >= 11 is 0. The molecule has 0 aliphatic carbocycles. The largest absolute Gasteiger partial charge is 0.319 e. The Labute approximate surface area is 103 Å². The SMILES string of the molecule is CCC(C)(N)C(=O)Nc1ccc(F)cc1[N+](=O)[O-]. The third-order valence-corrected chi connectivity index (χ3v) is 2.66. The van der Waals surface area contributed by atoms with Crippen molar-refractivity contribution in [3.05, 3.63) is 34.1 Å². The molecular weight excluding hydrogens is 241 g/mol. The quantitative estimate of drug-likeness (QED) is 0.633. The monoisotopic (exact) mass is 255 g/mol. The topological polar surface area (TPSA) is 98.3 Å². The van der Waals surface area contributed by atoms with Gasteiger partial charge in [0.1, 0.15) is 11.5 Å². The van der Waals surface area contributed by atoms with Crippen LogP contribution in [0.3, 0.4) is 0 Å². The van der Waals surface area contributed by atoms with E-state index < -0.39 is 27.9 Å². The van der Waals surface area contributed by atoms with Gasteiger partial charge in [0.15, 0.2) is 0 Å². The van der Waals surface area contributed by atoms with Crippen molar-refractivity contribution in [2.24, 2.45) is 5.73 Å². The molecule has 0 aliphatic rings. The zero-order valence-electron chi connectivity index (χ0n) is 10.1. The van der Waals surface area contributed by atoms with Crippen LogP contribution in [0, 0.1) is 15.9 Å². The molecule has 0 bridgehead atoms. The molecule has 98 valence electrons. The highest BCUT2D eigenvalue weighted by Crippen LogP contribution is 2.25. The first-order valence-electron chi connectivity index (χ1n) is 5.32. The second-order valence-electron chi connectivity index (χ2n) is 4.14. The maximum Gasteiger partial charge on any atom is 0.295 e. The molecule has 7 heteroatoms. The first kappa shape index (κ1) is 14.0. The van der Waals surface area contributed by atoms with Crippen molar-refractivity contribution in [2.75, 3.05) is 5.32 Å². The van der Waals surface area contributed by atoms with Crippen LogP contribution in [0.5, 0.6) is 0 Å². The average molecular weight is 255 g/mol. The van der Waals surface area contributed by atoms with Gasteiger partial charge in [-0.15, -0.1) is 0 Å². The summed E-state index contributed by atoms with van der Waals surface area (Å²) in [6.07, 6.45) is 0.369. The van der Waals surface area contributed by atoms with E-state index in [1.807, 2.05) is 0 Å². The fraction of sp³-hybridized carbons (Fsp3) is 0.364. The summed E-state index contributed by atoms with van der Waals surface area (Å²) in [5.74, 6) is -1.30. The van der Waals surface area contributed by atoms with Crippen LogP contribution in [0.2, 0.25) is 0 Å². The minimum absolute atomic E-state index is 0.0727. The smallest absolute Gasteiger partial charge is 0.295 e. The average Bonchev–Trinajstić information content (AvgIpc) is 2.31. The lowest BCUT2D eigenvalue weighted by Gasteiger charge is -2.21. The van der Waals surface area contributed by atoms with E-state index in [9.17, 15) is 19.3 Å². The molecule has 0 saturated heterocycles. The van der Waals surface area contributed by atoms with Crippen LogP contribution in [-0.4, -0.2) is 16.4 Å². The third-order valence-electron chi connectivity index (χ3n) is 2.66. The van der Waals surface area contributed by atoms with E-state index in [2.05, 4.69) is 5.32 Å². The number of nitrogens with two attached hydrogens (primary N) is 1. The number of halogens is 1. The summed E-state index contributed by atoms with van der Waals surface area (Å²) in [5.41, 5.74) is 3.99. The van der Waals surface area contributed by atoms with Gasteiger partial charge in [-0.05, 0) is 25.5 Å². The summed E-state index contributed by atoms with van der Waals surface area (Å²) in [4.78, 5) is 21.7. The van der Waals surface area contributed by atoms with Crippen molar-refractivity contribution >= 4 is 17.3 Å². The number of carbonyl (C=O) groups is 1. The van der Waals surface area contributed by atoms with Gasteiger partial charge < -0.3 is 11.1 Å². The first-order valence-corrected chi connectivity index (χ1v) is 5.32. The van der Waals surface area contributed by atoms with Crippen LogP contribution in [0.15, 0.2) is 18.2 Å². The number of hydrogen-bond acceptors (Lipinski definition) is 4. The molecule has 3 N–H and O–H groups in total. The van der Waals surface area contributed by atoms with Gasteiger partial charge in [-0.2, -0.15) is 0 Å². The molecule has 1 rings (SSSR count). The lowest BCUT2D eigenvalue weighted by atomic mass is 9.99.